The fraction of sp³-hybridized carbons (Fsp3) is 0.720. The van der Waals surface area contributed by atoms with Crippen molar-refractivity contribution >= 4 is 5.97 Å². The van der Waals surface area contributed by atoms with E-state index in [1.807, 2.05) is 0 Å². The van der Waals surface area contributed by atoms with E-state index in [0.29, 0.717) is 6.61 Å². The molecule has 1 rings (SSSR count). The third-order valence-electron chi connectivity index (χ3n) is 5.43. The van der Waals surface area contributed by atoms with Crippen LogP contribution in [0.3, 0.4) is 0 Å². The molecular weight excluding hydrogens is 389 g/mol. The lowest BCUT2D eigenvalue weighted by Crippen LogP contribution is -2.08. The molecular formula is C25H39F3O2. The molecule has 0 bridgehead atoms. The predicted octanol–water partition coefficient (Wildman–Crippen LogP) is 8.73. The van der Waals surface area contributed by atoms with Crippen molar-refractivity contribution < 1.29 is 22.7 Å². The van der Waals surface area contributed by atoms with Gasteiger partial charge in [-0.2, -0.15) is 13.2 Å². The molecule has 0 heterocycles. The van der Waals surface area contributed by atoms with Crippen LogP contribution in [0, 0.1) is 0 Å². The third-order valence-corrected chi connectivity index (χ3v) is 5.43. The quantitative estimate of drug-likeness (QED) is 0.183. The van der Waals surface area contributed by atoms with Crippen molar-refractivity contribution in [2.24, 2.45) is 0 Å². The van der Waals surface area contributed by atoms with Crippen LogP contribution in [0.1, 0.15) is 119 Å². The van der Waals surface area contributed by atoms with Crippen molar-refractivity contribution in [3.8, 4) is 0 Å². The maximum atomic E-state index is 12.5. The Bertz CT molecular complexity index is 553. The highest BCUT2D eigenvalue weighted by Crippen LogP contribution is 2.29. The zero-order valence-corrected chi connectivity index (χ0v) is 18.6. The van der Waals surface area contributed by atoms with Crippen molar-refractivity contribution in [2.75, 3.05) is 6.61 Å². The van der Waals surface area contributed by atoms with Crippen LogP contribution < -0.4 is 0 Å². The summed E-state index contributed by atoms with van der Waals surface area (Å²) in [6.07, 6.45) is 14.6. The largest absolute Gasteiger partial charge is 0.462 e. The molecule has 0 N–H and O–H groups in total. The summed E-state index contributed by atoms with van der Waals surface area (Å²) < 4.78 is 42.7. The zero-order valence-electron chi connectivity index (χ0n) is 18.6. The van der Waals surface area contributed by atoms with Gasteiger partial charge >= 0.3 is 12.1 Å². The minimum Gasteiger partial charge on any atom is -0.462 e. The Morgan fingerprint density at radius 3 is 1.50 bits per heavy atom. The number of alkyl halides is 3. The number of halogens is 3. The Hall–Kier alpha value is -1.52. The van der Waals surface area contributed by atoms with Crippen molar-refractivity contribution in [1.82, 2.24) is 0 Å². The summed E-state index contributed by atoms with van der Waals surface area (Å²) >= 11 is 0. The van der Waals surface area contributed by atoms with Crippen molar-refractivity contribution in [2.45, 2.75) is 109 Å². The van der Waals surface area contributed by atoms with Gasteiger partial charge in [0.15, 0.2) is 0 Å². The summed E-state index contributed by atoms with van der Waals surface area (Å²) in [6.45, 7) is 2.57. The predicted molar refractivity (Wildman–Crippen MR) is 117 cm³/mol. The first kappa shape index (κ1) is 26.5. The van der Waals surface area contributed by atoms with Crippen LogP contribution in [0.5, 0.6) is 0 Å². The molecule has 30 heavy (non-hydrogen) atoms. The number of hydrogen-bond donors (Lipinski definition) is 0. The Labute approximate surface area is 180 Å². The van der Waals surface area contributed by atoms with Crippen molar-refractivity contribution in [3.63, 3.8) is 0 Å². The Morgan fingerprint density at radius 1 is 0.700 bits per heavy atom. The van der Waals surface area contributed by atoms with E-state index in [4.69, 9.17) is 4.74 Å². The molecule has 0 aliphatic heterocycles. The topological polar surface area (TPSA) is 26.3 Å². The van der Waals surface area contributed by atoms with Crippen LogP contribution in [-0.2, 0) is 10.9 Å². The van der Waals surface area contributed by atoms with Gasteiger partial charge in [-0.15, -0.1) is 0 Å². The first-order valence-corrected chi connectivity index (χ1v) is 11.8. The van der Waals surface area contributed by atoms with Gasteiger partial charge in [0.05, 0.1) is 17.7 Å². The fourth-order valence-corrected chi connectivity index (χ4v) is 3.52. The molecule has 0 aliphatic rings. The van der Waals surface area contributed by atoms with E-state index in [1.165, 1.54) is 77.0 Å². The molecule has 0 aliphatic carbocycles. The summed E-state index contributed by atoms with van der Waals surface area (Å²) in [5.41, 5.74) is -0.606. The van der Waals surface area contributed by atoms with E-state index in [9.17, 15) is 18.0 Å². The molecule has 2 nitrogen and oxygen atoms in total. The van der Waals surface area contributed by atoms with Crippen LogP contribution >= 0.6 is 0 Å². The van der Waals surface area contributed by atoms with Gasteiger partial charge in [-0.25, -0.2) is 4.79 Å². The number of ether oxygens (including phenoxy) is 1. The molecule has 1 aromatic carbocycles. The number of carbonyl (C=O) groups excluding carboxylic acids is 1. The Morgan fingerprint density at radius 2 is 1.10 bits per heavy atom. The first-order valence-electron chi connectivity index (χ1n) is 11.8. The van der Waals surface area contributed by atoms with Gasteiger partial charge < -0.3 is 4.74 Å². The third kappa shape index (κ3) is 12.9. The number of carbonyl (C=O) groups is 1. The summed E-state index contributed by atoms with van der Waals surface area (Å²) in [5.74, 6) is -0.561. The van der Waals surface area contributed by atoms with Crippen molar-refractivity contribution in [3.05, 3.63) is 35.4 Å². The lowest BCUT2D eigenvalue weighted by Gasteiger charge is -2.08. The SMILES string of the molecule is CCCCCCCCCCCCCCCCCOC(=O)c1ccc(C(F)(F)F)cc1. The van der Waals surface area contributed by atoms with Gasteiger partial charge in [-0.05, 0) is 30.7 Å². The second-order valence-corrected chi connectivity index (χ2v) is 8.16. The van der Waals surface area contributed by atoms with Crippen molar-refractivity contribution in [1.29, 1.82) is 0 Å². The maximum absolute atomic E-state index is 12.5. The normalized spacial score (nSPS) is 11.6. The van der Waals surface area contributed by atoms with E-state index in [-0.39, 0.29) is 5.56 Å². The second-order valence-electron chi connectivity index (χ2n) is 8.16. The molecule has 0 radical (unpaired) electrons. The van der Waals surface area contributed by atoms with E-state index < -0.39 is 17.7 Å². The van der Waals surface area contributed by atoms with Crippen LogP contribution in [0.15, 0.2) is 24.3 Å². The number of benzene rings is 1. The molecule has 1 aromatic rings. The molecule has 172 valence electrons. The molecule has 0 saturated carbocycles. The minimum atomic E-state index is -4.39. The lowest BCUT2D eigenvalue weighted by molar-refractivity contribution is -0.137. The summed E-state index contributed by atoms with van der Waals surface area (Å²) in [7, 11) is 0. The minimum absolute atomic E-state index is 0.156. The van der Waals surface area contributed by atoms with Gasteiger partial charge in [0.25, 0.3) is 0 Å². The van der Waals surface area contributed by atoms with Gasteiger partial charge in [0.2, 0.25) is 0 Å². The van der Waals surface area contributed by atoms with E-state index >= 15 is 0 Å². The van der Waals surface area contributed by atoms with Crippen LogP contribution in [0.4, 0.5) is 13.2 Å². The Kier molecular flexibility index (Phi) is 14.3. The van der Waals surface area contributed by atoms with E-state index in [2.05, 4.69) is 6.92 Å². The van der Waals surface area contributed by atoms with E-state index in [0.717, 1.165) is 43.5 Å². The van der Waals surface area contributed by atoms with Gasteiger partial charge in [0, 0.05) is 0 Å². The number of esters is 1. The molecule has 0 amide bonds. The zero-order chi connectivity index (χ0) is 22.1. The average Bonchev–Trinajstić information content (AvgIpc) is 2.72. The van der Waals surface area contributed by atoms with Gasteiger partial charge in [-0.1, -0.05) is 96.8 Å². The highest BCUT2D eigenvalue weighted by molar-refractivity contribution is 5.89. The smallest absolute Gasteiger partial charge is 0.416 e. The molecule has 0 aromatic heterocycles. The highest BCUT2D eigenvalue weighted by Gasteiger charge is 2.30. The second kappa shape index (κ2) is 16.2. The molecule has 0 saturated heterocycles. The van der Waals surface area contributed by atoms with Gasteiger partial charge in [-0.3, -0.25) is 0 Å². The summed E-state index contributed by atoms with van der Waals surface area (Å²) in [4.78, 5) is 11.8. The number of hydrogen-bond acceptors (Lipinski definition) is 2. The van der Waals surface area contributed by atoms with Crippen LogP contribution in [0.2, 0.25) is 0 Å². The Balaban J connectivity index is 1.91. The molecule has 5 heteroatoms. The lowest BCUT2D eigenvalue weighted by atomic mass is 10.0. The number of rotatable bonds is 17. The molecule has 0 atom stereocenters. The standard InChI is InChI=1S/C25H39F3O2/c1-2-3-4-5-6-7-8-9-10-11-12-13-14-15-16-21-30-24(29)22-17-19-23(20-18-22)25(26,27)28/h17-20H,2-16,21H2,1H3. The molecule has 0 unspecified atom stereocenters. The molecule has 0 fully saturated rings. The number of unbranched alkanes of at least 4 members (excludes halogenated alkanes) is 14. The van der Waals surface area contributed by atoms with Crippen LogP contribution in [0.25, 0.3) is 0 Å². The monoisotopic (exact) mass is 428 g/mol. The average molecular weight is 429 g/mol. The highest BCUT2D eigenvalue weighted by atomic mass is 19.4. The van der Waals surface area contributed by atoms with E-state index in [1.54, 1.807) is 0 Å². The van der Waals surface area contributed by atoms with Gasteiger partial charge in [0.1, 0.15) is 0 Å². The van der Waals surface area contributed by atoms with Crippen LogP contribution in [-0.4, -0.2) is 12.6 Å². The molecule has 0 spiro atoms. The maximum Gasteiger partial charge on any atom is 0.416 e. The summed E-state index contributed by atoms with van der Waals surface area (Å²) in [6, 6.07) is 4.14. The first-order chi connectivity index (χ1) is 14.4. The summed E-state index contributed by atoms with van der Waals surface area (Å²) in [5, 5.41) is 0. The fourth-order valence-electron chi connectivity index (χ4n) is 3.52.